The van der Waals surface area contributed by atoms with Crippen LogP contribution in [0.3, 0.4) is 0 Å². The topological polar surface area (TPSA) is 33.0 Å². The van der Waals surface area contributed by atoms with Crippen molar-refractivity contribution < 1.29 is 4.74 Å². The smallest absolute Gasteiger partial charge is 0.0940 e. The number of nitriles is 1. The Balaban J connectivity index is 1.90. The van der Waals surface area contributed by atoms with Gasteiger partial charge in [0, 0.05) is 5.92 Å². The van der Waals surface area contributed by atoms with E-state index in [0.717, 1.165) is 32.3 Å². The van der Waals surface area contributed by atoms with E-state index in [9.17, 15) is 0 Å². The molecule has 1 aromatic carbocycles. The van der Waals surface area contributed by atoms with Crippen LogP contribution in [0.25, 0.3) is 0 Å². The number of fused-ring (bicyclic) bond motifs is 2. The summed E-state index contributed by atoms with van der Waals surface area (Å²) in [7, 11) is 0. The summed E-state index contributed by atoms with van der Waals surface area (Å²) < 4.78 is 6.04. The molecule has 1 heterocycles. The molecule has 0 bridgehead atoms. The van der Waals surface area contributed by atoms with Gasteiger partial charge < -0.3 is 4.74 Å². The fourth-order valence-corrected chi connectivity index (χ4v) is 3.01. The maximum atomic E-state index is 8.93. The van der Waals surface area contributed by atoms with Crippen molar-refractivity contribution in [3.05, 3.63) is 35.4 Å². The number of nitrogens with zero attached hydrogens (tertiary/aromatic N) is 1. The maximum Gasteiger partial charge on any atom is 0.0940 e. The van der Waals surface area contributed by atoms with Gasteiger partial charge in [0.25, 0.3) is 0 Å². The van der Waals surface area contributed by atoms with E-state index in [1.54, 1.807) is 0 Å². The quantitative estimate of drug-likeness (QED) is 0.663. The van der Waals surface area contributed by atoms with Crippen molar-refractivity contribution in [1.29, 1.82) is 5.26 Å². The van der Waals surface area contributed by atoms with E-state index in [1.807, 2.05) is 0 Å². The largest absolute Gasteiger partial charge is 0.366 e. The summed E-state index contributed by atoms with van der Waals surface area (Å²) in [6.07, 6.45) is 3.96. The molecule has 2 nitrogen and oxygen atoms in total. The third-order valence-corrected chi connectivity index (χ3v) is 3.99. The van der Waals surface area contributed by atoms with Gasteiger partial charge in [0.15, 0.2) is 0 Å². The fraction of sp³-hybridized carbons (Fsp3) is 0.500. The zero-order valence-electron chi connectivity index (χ0n) is 9.28. The number of hydrogen-bond donors (Lipinski definition) is 0. The minimum Gasteiger partial charge on any atom is -0.366 e. The fourth-order valence-electron chi connectivity index (χ4n) is 3.01. The number of hydrogen-bond acceptors (Lipinski definition) is 2. The van der Waals surface area contributed by atoms with Gasteiger partial charge in [-0.3, -0.25) is 0 Å². The molecule has 0 amide bonds. The average Bonchev–Trinajstić information content (AvgIpc) is 2.71. The molecule has 0 saturated heterocycles. The molecule has 1 aromatic rings. The first-order chi connectivity index (χ1) is 7.84. The van der Waals surface area contributed by atoms with E-state index >= 15 is 0 Å². The number of benzene rings is 1. The Kier molecular flexibility index (Phi) is 2.22. The molecule has 0 N–H and O–H groups in total. The highest BCUT2D eigenvalue weighted by molar-refractivity contribution is 5.35. The Morgan fingerprint density at radius 2 is 2.00 bits per heavy atom. The van der Waals surface area contributed by atoms with Gasteiger partial charge in [-0.1, -0.05) is 24.3 Å². The lowest BCUT2D eigenvalue weighted by Gasteiger charge is -2.35. The van der Waals surface area contributed by atoms with Crippen LogP contribution < -0.4 is 0 Å². The van der Waals surface area contributed by atoms with Crippen LogP contribution >= 0.6 is 0 Å². The van der Waals surface area contributed by atoms with Crippen molar-refractivity contribution >= 4 is 0 Å². The minimum atomic E-state index is -0.0655. The molecule has 2 heteroatoms. The summed E-state index contributed by atoms with van der Waals surface area (Å²) in [5.41, 5.74) is 2.63. The Morgan fingerprint density at radius 1 is 1.25 bits per heavy atom. The van der Waals surface area contributed by atoms with Crippen LogP contribution in [0.2, 0.25) is 0 Å². The molecular formula is C14H15NO. The van der Waals surface area contributed by atoms with Crippen molar-refractivity contribution in [2.24, 2.45) is 5.92 Å². The highest BCUT2D eigenvalue weighted by atomic mass is 16.5. The molecule has 82 valence electrons. The first-order valence-corrected chi connectivity index (χ1v) is 5.96. The zero-order chi connectivity index (χ0) is 11.0. The molecular weight excluding hydrogens is 198 g/mol. The van der Waals surface area contributed by atoms with Gasteiger partial charge in [-0.15, -0.1) is 0 Å². The molecule has 1 aliphatic carbocycles. The molecule has 3 rings (SSSR count). The minimum absolute atomic E-state index is 0.0655. The number of ether oxygens (including phenoxy) is 1. The van der Waals surface area contributed by atoms with Crippen molar-refractivity contribution in [2.75, 3.05) is 0 Å². The molecule has 1 fully saturated rings. The van der Waals surface area contributed by atoms with Crippen LogP contribution in [0.4, 0.5) is 0 Å². The van der Waals surface area contributed by atoms with Crippen LogP contribution in [0.15, 0.2) is 24.3 Å². The van der Waals surface area contributed by atoms with Crippen molar-refractivity contribution in [1.82, 2.24) is 0 Å². The van der Waals surface area contributed by atoms with Gasteiger partial charge in [0.05, 0.1) is 18.3 Å². The summed E-state index contributed by atoms with van der Waals surface area (Å²) in [6, 6.07) is 10.9. The van der Waals surface area contributed by atoms with Crippen molar-refractivity contribution in [2.45, 2.75) is 37.9 Å². The van der Waals surface area contributed by atoms with E-state index in [1.165, 1.54) is 11.1 Å². The molecule has 16 heavy (non-hydrogen) atoms. The molecule has 0 radical (unpaired) electrons. The van der Waals surface area contributed by atoms with Crippen LogP contribution in [0.1, 0.15) is 36.8 Å². The van der Waals surface area contributed by atoms with Gasteiger partial charge in [0.2, 0.25) is 0 Å². The van der Waals surface area contributed by atoms with E-state index < -0.39 is 0 Å². The summed E-state index contributed by atoms with van der Waals surface area (Å²) in [4.78, 5) is 0. The number of rotatable bonds is 0. The lowest BCUT2D eigenvalue weighted by molar-refractivity contribution is -0.0686. The molecule has 1 aliphatic heterocycles. The molecule has 1 saturated carbocycles. The Hall–Kier alpha value is -1.33. The van der Waals surface area contributed by atoms with E-state index in [-0.39, 0.29) is 11.5 Å². The lowest BCUT2D eigenvalue weighted by Crippen LogP contribution is -2.30. The van der Waals surface area contributed by atoms with Crippen molar-refractivity contribution in [3.63, 3.8) is 0 Å². The zero-order valence-corrected chi connectivity index (χ0v) is 9.28. The Labute approximate surface area is 95.8 Å². The van der Waals surface area contributed by atoms with Crippen LogP contribution in [0, 0.1) is 17.2 Å². The van der Waals surface area contributed by atoms with Gasteiger partial charge in [-0.2, -0.15) is 5.26 Å². The molecule has 0 aromatic heterocycles. The van der Waals surface area contributed by atoms with Crippen LogP contribution in [0.5, 0.6) is 0 Å². The van der Waals surface area contributed by atoms with Crippen LogP contribution in [-0.2, 0) is 16.9 Å². The van der Waals surface area contributed by atoms with Gasteiger partial charge in [-0.05, 0) is 36.8 Å². The Bertz CT molecular complexity index is 438. The SMILES string of the molecule is N#CC1CCC2(CC1)OCc1ccccc12. The maximum absolute atomic E-state index is 8.93. The second-order valence-corrected chi connectivity index (χ2v) is 4.84. The highest BCUT2D eigenvalue weighted by Crippen LogP contribution is 2.47. The molecule has 2 aliphatic rings. The van der Waals surface area contributed by atoms with Gasteiger partial charge in [0.1, 0.15) is 0 Å². The van der Waals surface area contributed by atoms with E-state index in [0.29, 0.717) is 0 Å². The highest BCUT2D eigenvalue weighted by Gasteiger charge is 2.42. The van der Waals surface area contributed by atoms with Crippen molar-refractivity contribution in [3.8, 4) is 6.07 Å². The van der Waals surface area contributed by atoms with E-state index in [4.69, 9.17) is 10.00 Å². The molecule has 0 atom stereocenters. The molecule has 1 spiro atoms. The average molecular weight is 213 g/mol. The van der Waals surface area contributed by atoms with Crippen LogP contribution in [-0.4, -0.2) is 0 Å². The normalized spacial score (nSPS) is 32.3. The predicted octanol–water partition coefficient (Wildman–Crippen LogP) is 3.13. The summed E-state index contributed by atoms with van der Waals surface area (Å²) in [5, 5.41) is 8.93. The monoisotopic (exact) mass is 213 g/mol. The Morgan fingerprint density at radius 3 is 2.75 bits per heavy atom. The van der Waals surface area contributed by atoms with E-state index in [2.05, 4.69) is 30.3 Å². The summed E-state index contributed by atoms with van der Waals surface area (Å²) >= 11 is 0. The summed E-state index contributed by atoms with van der Waals surface area (Å²) in [6.45, 7) is 0.743. The van der Waals surface area contributed by atoms with Gasteiger partial charge in [-0.25, -0.2) is 0 Å². The first-order valence-electron chi connectivity index (χ1n) is 5.96. The second kappa shape index (κ2) is 3.61. The predicted molar refractivity (Wildman–Crippen MR) is 60.5 cm³/mol. The second-order valence-electron chi connectivity index (χ2n) is 4.84. The first kappa shape index (κ1) is 9.86. The summed E-state index contributed by atoms with van der Waals surface area (Å²) in [5.74, 6) is 0.238. The molecule has 0 unspecified atom stereocenters. The third kappa shape index (κ3) is 1.36. The third-order valence-electron chi connectivity index (χ3n) is 3.99. The lowest BCUT2D eigenvalue weighted by atomic mass is 9.75. The standard InChI is InChI=1S/C14H15NO/c15-9-11-5-7-14(8-6-11)13-4-2-1-3-12(13)10-16-14/h1-4,11H,5-8,10H2. The van der Waals surface area contributed by atoms with Gasteiger partial charge >= 0.3 is 0 Å².